The minimum absolute atomic E-state index is 0.0221. The smallest absolute Gasteiger partial charge is 0.161 e. The number of hydrogen-bond donors (Lipinski definition) is 1. The zero-order valence-corrected chi connectivity index (χ0v) is 11.2. The van der Waals surface area contributed by atoms with Gasteiger partial charge in [0.2, 0.25) is 0 Å². The molecule has 1 atom stereocenters. The van der Waals surface area contributed by atoms with Gasteiger partial charge in [-0.15, -0.1) is 0 Å². The number of rotatable bonds is 2. The number of amidine groups is 1. The van der Waals surface area contributed by atoms with Crippen molar-refractivity contribution >= 4 is 22.6 Å². The van der Waals surface area contributed by atoms with Gasteiger partial charge in [-0.1, -0.05) is 24.8 Å². The van der Waals surface area contributed by atoms with Gasteiger partial charge in [0.05, 0.1) is 5.54 Å². The van der Waals surface area contributed by atoms with Crippen molar-refractivity contribution in [3.63, 3.8) is 0 Å². The Kier molecular flexibility index (Phi) is 3.43. The van der Waals surface area contributed by atoms with Crippen LogP contribution in [0.15, 0.2) is 23.2 Å². The zero-order chi connectivity index (χ0) is 12.5. The predicted molar refractivity (Wildman–Crippen MR) is 73.3 cm³/mol. The zero-order valence-electron chi connectivity index (χ0n) is 10.4. The molecule has 0 radical (unpaired) electrons. The number of anilines is 1. The SMILES string of the molecule is CCC1(C)CSC(Nc2cc(F)ccc2C)=N1. The maximum Gasteiger partial charge on any atom is 0.161 e. The van der Waals surface area contributed by atoms with Crippen LogP contribution in [-0.4, -0.2) is 16.5 Å². The van der Waals surface area contributed by atoms with Gasteiger partial charge in [0, 0.05) is 11.4 Å². The maximum absolute atomic E-state index is 13.2. The molecule has 2 rings (SSSR count). The number of aliphatic imine (C=N–C) groups is 1. The number of aryl methyl sites for hydroxylation is 1. The Morgan fingerprint density at radius 1 is 1.53 bits per heavy atom. The van der Waals surface area contributed by atoms with E-state index in [4.69, 9.17) is 0 Å². The Morgan fingerprint density at radius 3 is 2.94 bits per heavy atom. The van der Waals surface area contributed by atoms with Gasteiger partial charge in [-0.05, 0) is 38.0 Å². The van der Waals surface area contributed by atoms with E-state index in [-0.39, 0.29) is 11.4 Å². The summed E-state index contributed by atoms with van der Waals surface area (Å²) in [6, 6.07) is 4.76. The summed E-state index contributed by atoms with van der Waals surface area (Å²) in [5.74, 6) is 0.764. The van der Waals surface area contributed by atoms with Crippen molar-refractivity contribution in [2.75, 3.05) is 11.1 Å². The monoisotopic (exact) mass is 252 g/mol. The fraction of sp³-hybridized carbons (Fsp3) is 0.462. The van der Waals surface area contributed by atoms with E-state index in [0.29, 0.717) is 0 Å². The molecule has 0 aliphatic carbocycles. The normalized spacial score (nSPS) is 23.6. The Morgan fingerprint density at radius 2 is 2.29 bits per heavy atom. The van der Waals surface area contributed by atoms with Crippen LogP contribution in [0.4, 0.5) is 10.1 Å². The van der Waals surface area contributed by atoms with Gasteiger partial charge in [-0.25, -0.2) is 4.39 Å². The van der Waals surface area contributed by atoms with Crippen molar-refractivity contribution in [1.82, 2.24) is 0 Å². The fourth-order valence-electron chi connectivity index (χ4n) is 1.62. The summed E-state index contributed by atoms with van der Waals surface area (Å²) in [6.45, 7) is 6.24. The van der Waals surface area contributed by atoms with Crippen molar-refractivity contribution in [3.05, 3.63) is 29.6 Å². The van der Waals surface area contributed by atoms with Crippen molar-refractivity contribution in [2.24, 2.45) is 4.99 Å². The van der Waals surface area contributed by atoms with E-state index in [1.807, 2.05) is 6.92 Å². The highest BCUT2D eigenvalue weighted by atomic mass is 32.2. The number of hydrogen-bond acceptors (Lipinski definition) is 3. The number of halogens is 1. The van der Waals surface area contributed by atoms with Gasteiger partial charge in [0.1, 0.15) is 5.82 Å². The second-order valence-electron chi connectivity index (χ2n) is 4.64. The third kappa shape index (κ3) is 2.80. The van der Waals surface area contributed by atoms with E-state index in [1.165, 1.54) is 12.1 Å². The maximum atomic E-state index is 13.2. The van der Waals surface area contributed by atoms with Gasteiger partial charge < -0.3 is 5.32 Å². The van der Waals surface area contributed by atoms with Crippen LogP contribution in [0.5, 0.6) is 0 Å². The van der Waals surface area contributed by atoms with Gasteiger partial charge in [-0.3, -0.25) is 4.99 Å². The summed E-state index contributed by atoms with van der Waals surface area (Å²) >= 11 is 1.70. The van der Waals surface area contributed by atoms with Crippen molar-refractivity contribution < 1.29 is 4.39 Å². The Labute approximate surface area is 106 Å². The summed E-state index contributed by atoms with van der Waals surface area (Å²) in [6.07, 6.45) is 1.02. The van der Waals surface area contributed by atoms with E-state index in [0.717, 1.165) is 28.6 Å². The number of nitrogens with one attached hydrogen (secondary N) is 1. The third-order valence-corrected chi connectivity index (χ3v) is 4.33. The lowest BCUT2D eigenvalue weighted by Gasteiger charge is -2.15. The molecule has 0 amide bonds. The van der Waals surface area contributed by atoms with Gasteiger partial charge in [-0.2, -0.15) is 0 Å². The van der Waals surface area contributed by atoms with Crippen LogP contribution in [0, 0.1) is 12.7 Å². The van der Waals surface area contributed by atoms with E-state index < -0.39 is 0 Å². The minimum atomic E-state index is -0.222. The minimum Gasteiger partial charge on any atom is -0.335 e. The Hall–Kier alpha value is -1.03. The number of nitrogens with zero attached hydrogens (tertiary/aromatic N) is 1. The first-order valence-corrected chi connectivity index (χ1v) is 6.77. The highest BCUT2D eigenvalue weighted by Gasteiger charge is 2.28. The molecule has 1 aromatic carbocycles. The first-order chi connectivity index (χ1) is 8.02. The van der Waals surface area contributed by atoms with Crippen molar-refractivity contribution in [1.29, 1.82) is 0 Å². The summed E-state index contributed by atoms with van der Waals surface area (Å²) in [7, 11) is 0. The lowest BCUT2D eigenvalue weighted by molar-refractivity contribution is 0.523. The molecule has 0 saturated carbocycles. The third-order valence-electron chi connectivity index (χ3n) is 3.09. The fourth-order valence-corrected chi connectivity index (χ4v) is 2.81. The molecule has 1 N–H and O–H groups in total. The molecule has 0 aromatic heterocycles. The van der Waals surface area contributed by atoms with Crippen LogP contribution in [0.1, 0.15) is 25.8 Å². The van der Waals surface area contributed by atoms with Crippen molar-refractivity contribution in [2.45, 2.75) is 32.7 Å². The summed E-state index contributed by atoms with van der Waals surface area (Å²) in [5, 5.41) is 4.10. The van der Waals surface area contributed by atoms with Gasteiger partial charge >= 0.3 is 0 Å². The van der Waals surface area contributed by atoms with Crippen LogP contribution in [0.2, 0.25) is 0 Å². The molecular weight excluding hydrogens is 235 g/mol. The van der Waals surface area contributed by atoms with Crippen LogP contribution >= 0.6 is 11.8 Å². The summed E-state index contributed by atoms with van der Waals surface area (Å²) in [5.41, 5.74) is 1.85. The van der Waals surface area contributed by atoms with Crippen LogP contribution in [0.3, 0.4) is 0 Å². The molecule has 1 heterocycles. The molecule has 92 valence electrons. The number of benzene rings is 1. The lowest BCUT2D eigenvalue weighted by Crippen LogP contribution is -2.20. The number of thioether (sulfide) groups is 1. The molecular formula is C13H17FN2S. The first-order valence-electron chi connectivity index (χ1n) is 5.78. The lowest BCUT2D eigenvalue weighted by atomic mass is 10.0. The molecule has 0 fully saturated rings. The van der Waals surface area contributed by atoms with Gasteiger partial charge in [0.15, 0.2) is 5.17 Å². The first kappa shape index (κ1) is 12.4. The molecule has 2 nitrogen and oxygen atoms in total. The van der Waals surface area contributed by atoms with Crippen LogP contribution < -0.4 is 5.32 Å². The largest absolute Gasteiger partial charge is 0.335 e. The molecule has 0 spiro atoms. The standard InChI is InChI=1S/C13H17FN2S/c1-4-13(3)8-17-12(16-13)15-11-7-10(14)6-5-9(11)2/h5-7H,4,8H2,1-3H3,(H,15,16). The van der Waals surface area contributed by atoms with E-state index in [2.05, 4.69) is 24.2 Å². The highest BCUT2D eigenvalue weighted by Crippen LogP contribution is 2.31. The molecule has 1 aliphatic rings. The quantitative estimate of drug-likeness (QED) is 0.865. The predicted octanol–water partition coefficient (Wildman–Crippen LogP) is 3.82. The molecule has 4 heteroatoms. The molecule has 1 aliphatic heterocycles. The molecule has 1 unspecified atom stereocenters. The van der Waals surface area contributed by atoms with Crippen LogP contribution in [-0.2, 0) is 0 Å². The molecule has 0 bridgehead atoms. The van der Waals surface area contributed by atoms with E-state index >= 15 is 0 Å². The van der Waals surface area contributed by atoms with Crippen LogP contribution in [0.25, 0.3) is 0 Å². The molecule has 1 aromatic rings. The van der Waals surface area contributed by atoms with E-state index in [1.54, 1.807) is 17.8 Å². The Bertz CT molecular complexity index is 459. The Balaban J connectivity index is 2.17. The summed E-state index contributed by atoms with van der Waals surface area (Å²) < 4.78 is 13.2. The molecule has 0 saturated heterocycles. The van der Waals surface area contributed by atoms with Gasteiger partial charge in [0.25, 0.3) is 0 Å². The highest BCUT2D eigenvalue weighted by molar-refractivity contribution is 8.14. The topological polar surface area (TPSA) is 24.4 Å². The second-order valence-corrected chi connectivity index (χ2v) is 5.60. The average molecular weight is 252 g/mol. The second kappa shape index (κ2) is 4.69. The average Bonchev–Trinajstić information content (AvgIpc) is 2.67. The molecule has 17 heavy (non-hydrogen) atoms. The van der Waals surface area contributed by atoms with E-state index in [9.17, 15) is 4.39 Å². The summed E-state index contributed by atoms with van der Waals surface area (Å²) in [4.78, 5) is 4.65. The van der Waals surface area contributed by atoms with Crippen molar-refractivity contribution in [3.8, 4) is 0 Å².